The van der Waals surface area contributed by atoms with Crippen molar-refractivity contribution in [2.24, 2.45) is 5.92 Å². The van der Waals surface area contributed by atoms with Gasteiger partial charge in [-0.15, -0.1) is 0 Å². The van der Waals surface area contributed by atoms with Crippen LogP contribution in [0.5, 0.6) is 0 Å². The second-order valence-corrected chi connectivity index (χ2v) is 4.82. The zero-order valence-corrected chi connectivity index (χ0v) is 11.5. The minimum Gasteiger partial charge on any atom is -0.374 e. The minimum absolute atomic E-state index is 0.171. The topological polar surface area (TPSA) is 3.24 Å². The average molecular weight is 288 g/mol. The van der Waals surface area contributed by atoms with E-state index >= 15 is 0 Å². The standard InChI is InChI=1S/C13H19BrFN/c1-3-5-11(9-14)10-16(2)13-7-4-6-12(15)8-13/h4,6-8,11H,3,5,9-10H2,1-2H3. The van der Waals surface area contributed by atoms with Crippen LogP contribution in [-0.4, -0.2) is 18.9 Å². The summed E-state index contributed by atoms with van der Waals surface area (Å²) in [6.07, 6.45) is 2.39. The van der Waals surface area contributed by atoms with Crippen molar-refractivity contribution in [1.82, 2.24) is 0 Å². The zero-order valence-electron chi connectivity index (χ0n) is 9.92. The van der Waals surface area contributed by atoms with Crippen LogP contribution in [0.4, 0.5) is 10.1 Å². The first kappa shape index (κ1) is 13.5. The molecule has 0 saturated carbocycles. The highest BCUT2D eigenvalue weighted by atomic mass is 79.9. The van der Waals surface area contributed by atoms with E-state index in [2.05, 4.69) is 27.8 Å². The predicted molar refractivity (Wildman–Crippen MR) is 71.9 cm³/mol. The van der Waals surface area contributed by atoms with E-state index in [1.807, 2.05) is 13.1 Å². The molecule has 1 aromatic carbocycles. The Morgan fingerprint density at radius 1 is 1.44 bits per heavy atom. The van der Waals surface area contributed by atoms with Gasteiger partial charge < -0.3 is 4.90 Å². The number of anilines is 1. The lowest BCUT2D eigenvalue weighted by Gasteiger charge is -2.24. The van der Waals surface area contributed by atoms with Gasteiger partial charge in [-0.25, -0.2) is 4.39 Å². The quantitative estimate of drug-likeness (QED) is 0.713. The van der Waals surface area contributed by atoms with Crippen molar-refractivity contribution in [2.75, 3.05) is 23.8 Å². The van der Waals surface area contributed by atoms with Crippen LogP contribution in [0.1, 0.15) is 19.8 Å². The van der Waals surface area contributed by atoms with E-state index in [0.717, 1.165) is 17.6 Å². The molecule has 0 saturated heterocycles. The van der Waals surface area contributed by atoms with Crippen LogP contribution >= 0.6 is 15.9 Å². The van der Waals surface area contributed by atoms with Crippen molar-refractivity contribution < 1.29 is 4.39 Å². The van der Waals surface area contributed by atoms with Crippen LogP contribution in [0.15, 0.2) is 24.3 Å². The summed E-state index contributed by atoms with van der Waals surface area (Å²) in [5.74, 6) is 0.452. The fourth-order valence-electron chi connectivity index (χ4n) is 1.83. The average Bonchev–Trinajstić information content (AvgIpc) is 2.28. The molecular formula is C13H19BrFN. The Kier molecular flexibility index (Phi) is 5.81. The normalized spacial score (nSPS) is 12.5. The molecule has 0 radical (unpaired) electrons. The summed E-state index contributed by atoms with van der Waals surface area (Å²) >= 11 is 3.53. The molecule has 1 unspecified atom stereocenters. The molecule has 0 fully saturated rings. The highest BCUT2D eigenvalue weighted by molar-refractivity contribution is 9.09. The largest absolute Gasteiger partial charge is 0.374 e. The van der Waals surface area contributed by atoms with Gasteiger partial charge in [0.2, 0.25) is 0 Å². The Hall–Kier alpha value is -0.570. The maximum atomic E-state index is 13.1. The van der Waals surface area contributed by atoms with Crippen LogP contribution < -0.4 is 4.90 Å². The number of halogens is 2. The van der Waals surface area contributed by atoms with E-state index in [1.54, 1.807) is 12.1 Å². The monoisotopic (exact) mass is 287 g/mol. The molecule has 3 heteroatoms. The van der Waals surface area contributed by atoms with Gasteiger partial charge in [-0.1, -0.05) is 35.3 Å². The summed E-state index contributed by atoms with van der Waals surface area (Å²) in [5.41, 5.74) is 0.946. The second-order valence-electron chi connectivity index (χ2n) is 4.17. The fraction of sp³-hybridized carbons (Fsp3) is 0.538. The van der Waals surface area contributed by atoms with Crippen LogP contribution in [-0.2, 0) is 0 Å². The zero-order chi connectivity index (χ0) is 12.0. The van der Waals surface area contributed by atoms with Gasteiger partial charge in [0.05, 0.1) is 0 Å². The number of benzene rings is 1. The molecule has 16 heavy (non-hydrogen) atoms. The van der Waals surface area contributed by atoms with Gasteiger partial charge in [-0.3, -0.25) is 0 Å². The van der Waals surface area contributed by atoms with Gasteiger partial charge >= 0.3 is 0 Å². The number of alkyl halides is 1. The molecule has 0 aromatic heterocycles. The van der Waals surface area contributed by atoms with E-state index in [9.17, 15) is 4.39 Å². The Bertz CT molecular complexity index is 317. The summed E-state index contributed by atoms with van der Waals surface area (Å²) in [6.45, 7) is 3.15. The number of rotatable bonds is 6. The van der Waals surface area contributed by atoms with Crippen LogP contribution in [0.3, 0.4) is 0 Å². The first-order valence-corrected chi connectivity index (χ1v) is 6.82. The van der Waals surface area contributed by atoms with Crippen molar-refractivity contribution in [2.45, 2.75) is 19.8 Å². The lowest BCUT2D eigenvalue weighted by Crippen LogP contribution is -2.26. The molecule has 0 amide bonds. The fourth-order valence-corrected chi connectivity index (χ4v) is 2.36. The van der Waals surface area contributed by atoms with Gasteiger partial charge in [0, 0.05) is 24.6 Å². The summed E-state index contributed by atoms with van der Waals surface area (Å²) in [7, 11) is 2.01. The molecule has 0 heterocycles. The maximum absolute atomic E-state index is 13.1. The molecule has 1 nitrogen and oxygen atoms in total. The molecule has 0 aliphatic rings. The summed E-state index contributed by atoms with van der Waals surface area (Å²) < 4.78 is 13.1. The third-order valence-corrected chi connectivity index (χ3v) is 3.61. The Morgan fingerprint density at radius 2 is 2.19 bits per heavy atom. The van der Waals surface area contributed by atoms with Crippen molar-refractivity contribution >= 4 is 21.6 Å². The first-order valence-electron chi connectivity index (χ1n) is 5.70. The van der Waals surface area contributed by atoms with E-state index < -0.39 is 0 Å². The van der Waals surface area contributed by atoms with Crippen molar-refractivity contribution in [3.63, 3.8) is 0 Å². The van der Waals surface area contributed by atoms with Gasteiger partial charge in [-0.2, -0.15) is 0 Å². The predicted octanol–water partition coefficient (Wildman–Crippen LogP) is 4.07. The second kappa shape index (κ2) is 6.89. The maximum Gasteiger partial charge on any atom is 0.125 e. The van der Waals surface area contributed by atoms with E-state index in [4.69, 9.17) is 0 Å². The molecule has 1 aromatic rings. The summed E-state index contributed by atoms with van der Waals surface area (Å²) in [4.78, 5) is 2.12. The number of hydrogen-bond acceptors (Lipinski definition) is 1. The molecule has 1 atom stereocenters. The molecule has 0 aliphatic carbocycles. The van der Waals surface area contributed by atoms with Crippen LogP contribution in [0.25, 0.3) is 0 Å². The Balaban J connectivity index is 2.60. The van der Waals surface area contributed by atoms with Crippen molar-refractivity contribution in [3.05, 3.63) is 30.1 Å². The Labute approximate surface area is 106 Å². The smallest absolute Gasteiger partial charge is 0.125 e. The van der Waals surface area contributed by atoms with E-state index in [1.165, 1.54) is 18.9 Å². The third kappa shape index (κ3) is 4.12. The SMILES string of the molecule is CCCC(CBr)CN(C)c1cccc(F)c1. The van der Waals surface area contributed by atoms with E-state index in [0.29, 0.717) is 5.92 Å². The molecule has 0 spiro atoms. The van der Waals surface area contributed by atoms with E-state index in [-0.39, 0.29) is 5.82 Å². The first-order chi connectivity index (χ1) is 7.67. The minimum atomic E-state index is -0.171. The Morgan fingerprint density at radius 3 is 2.75 bits per heavy atom. The van der Waals surface area contributed by atoms with Gasteiger partial charge in [0.1, 0.15) is 5.82 Å². The number of nitrogens with zero attached hydrogens (tertiary/aromatic N) is 1. The number of hydrogen-bond donors (Lipinski definition) is 0. The molecule has 90 valence electrons. The summed E-state index contributed by atoms with van der Waals surface area (Å²) in [5, 5.41) is 1.00. The summed E-state index contributed by atoms with van der Waals surface area (Å²) in [6, 6.07) is 6.76. The molecule has 0 bridgehead atoms. The molecule has 1 rings (SSSR count). The van der Waals surface area contributed by atoms with Crippen molar-refractivity contribution in [3.8, 4) is 0 Å². The molecule has 0 N–H and O–H groups in total. The van der Waals surface area contributed by atoms with Gasteiger partial charge in [0.25, 0.3) is 0 Å². The third-order valence-electron chi connectivity index (χ3n) is 2.70. The highest BCUT2D eigenvalue weighted by Gasteiger charge is 2.10. The van der Waals surface area contributed by atoms with Crippen LogP contribution in [0, 0.1) is 11.7 Å². The highest BCUT2D eigenvalue weighted by Crippen LogP contribution is 2.18. The lowest BCUT2D eigenvalue weighted by atomic mass is 10.1. The van der Waals surface area contributed by atoms with Gasteiger partial charge in [-0.05, 0) is 30.5 Å². The molecule has 0 aliphatic heterocycles. The lowest BCUT2D eigenvalue weighted by molar-refractivity contribution is 0.534. The van der Waals surface area contributed by atoms with Crippen molar-refractivity contribution in [1.29, 1.82) is 0 Å². The van der Waals surface area contributed by atoms with Gasteiger partial charge in [0.15, 0.2) is 0 Å². The molecular weight excluding hydrogens is 269 g/mol. The van der Waals surface area contributed by atoms with Crippen LogP contribution in [0.2, 0.25) is 0 Å².